The van der Waals surface area contributed by atoms with Crippen LogP contribution in [0.25, 0.3) is 0 Å². The van der Waals surface area contributed by atoms with Crippen LogP contribution in [0.2, 0.25) is 0 Å². The molecule has 1 saturated heterocycles. The molecule has 3 rings (SSSR count). The van der Waals surface area contributed by atoms with E-state index in [1.165, 1.54) is 0 Å². The molecule has 0 spiro atoms. The van der Waals surface area contributed by atoms with Crippen molar-refractivity contribution in [3.8, 4) is 0 Å². The van der Waals surface area contributed by atoms with Crippen molar-refractivity contribution in [1.82, 2.24) is 14.8 Å². The van der Waals surface area contributed by atoms with Crippen molar-refractivity contribution >= 4 is 11.6 Å². The van der Waals surface area contributed by atoms with E-state index in [-0.39, 0.29) is 24.1 Å². The molecule has 2 atom stereocenters. The van der Waals surface area contributed by atoms with Crippen molar-refractivity contribution in [2.24, 2.45) is 11.7 Å². The summed E-state index contributed by atoms with van der Waals surface area (Å²) >= 11 is 0. The van der Waals surface area contributed by atoms with Crippen LogP contribution in [-0.4, -0.2) is 45.5 Å². The van der Waals surface area contributed by atoms with Gasteiger partial charge in [-0.2, -0.15) is 5.10 Å². The molecular weight excluding hydrogens is 306 g/mol. The number of aliphatic hydroxyl groups is 1. The first-order valence-electron chi connectivity index (χ1n) is 8.15. The zero-order valence-electron chi connectivity index (χ0n) is 14.0. The van der Waals surface area contributed by atoms with Crippen LogP contribution in [0.15, 0.2) is 30.7 Å². The van der Waals surface area contributed by atoms with Crippen molar-refractivity contribution in [2.45, 2.75) is 25.8 Å². The number of amides is 1. The van der Waals surface area contributed by atoms with E-state index in [2.05, 4.69) is 35.0 Å². The Morgan fingerprint density at radius 2 is 2.25 bits per heavy atom. The maximum atomic E-state index is 11.3. The second-order valence-corrected chi connectivity index (χ2v) is 6.57. The number of hydrogen-bond donors (Lipinski definition) is 2. The number of nitrogens with zero attached hydrogens (tertiary/aromatic N) is 4. The van der Waals surface area contributed by atoms with Gasteiger partial charge in [0.25, 0.3) is 5.91 Å². The summed E-state index contributed by atoms with van der Waals surface area (Å²) in [6.45, 7) is 5.77. The van der Waals surface area contributed by atoms with Gasteiger partial charge < -0.3 is 15.7 Å². The molecular formula is C17H23N5O2. The zero-order chi connectivity index (χ0) is 17.3. The van der Waals surface area contributed by atoms with Crippen LogP contribution in [0.4, 0.5) is 5.69 Å². The molecule has 1 fully saturated rings. The minimum Gasteiger partial charge on any atom is -0.396 e. The van der Waals surface area contributed by atoms with Gasteiger partial charge in [-0.25, -0.2) is 0 Å². The summed E-state index contributed by atoms with van der Waals surface area (Å²) in [4.78, 5) is 17.5. The third-order valence-corrected chi connectivity index (χ3v) is 4.62. The lowest BCUT2D eigenvalue weighted by Crippen LogP contribution is -2.22. The summed E-state index contributed by atoms with van der Waals surface area (Å²) in [5, 5.41) is 14.2. The summed E-state index contributed by atoms with van der Waals surface area (Å²) in [6.07, 6.45) is 5.54. The lowest BCUT2D eigenvalue weighted by atomic mass is 9.92. The molecule has 3 heterocycles. The summed E-state index contributed by atoms with van der Waals surface area (Å²) in [7, 11) is 0. The molecule has 7 heteroatoms. The van der Waals surface area contributed by atoms with Crippen molar-refractivity contribution in [3.05, 3.63) is 42.0 Å². The summed E-state index contributed by atoms with van der Waals surface area (Å²) in [6, 6.07) is 3.87. The number of nitrogens with two attached hydrogens (primary N) is 1. The van der Waals surface area contributed by atoms with Gasteiger partial charge in [0.2, 0.25) is 0 Å². The Kier molecular flexibility index (Phi) is 4.53. The van der Waals surface area contributed by atoms with E-state index in [4.69, 9.17) is 5.73 Å². The number of pyridine rings is 1. The van der Waals surface area contributed by atoms with Gasteiger partial charge in [0.15, 0.2) is 0 Å². The summed E-state index contributed by atoms with van der Waals surface area (Å²) < 4.78 is 1.93. The predicted molar refractivity (Wildman–Crippen MR) is 90.9 cm³/mol. The molecule has 2 aromatic heterocycles. The van der Waals surface area contributed by atoms with Gasteiger partial charge in [0.05, 0.1) is 6.20 Å². The highest BCUT2D eigenvalue weighted by atomic mass is 16.3. The zero-order valence-corrected chi connectivity index (χ0v) is 14.0. The second-order valence-electron chi connectivity index (χ2n) is 6.57. The van der Waals surface area contributed by atoms with E-state index in [0.29, 0.717) is 6.04 Å². The normalized spacial score (nSPS) is 20.8. The first-order valence-corrected chi connectivity index (χ1v) is 8.15. The second kappa shape index (κ2) is 6.60. The molecule has 0 aliphatic carbocycles. The van der Waals surface area contributed by atoms with Crippen LogP contribution < -0.4 is 10.6 Å². The number of anilines is 1. The molecule has 0 bridgehead atoms. The van der Waals surface area contributed by atoms with E-state index in [9.17, 15) is 9.90 Å². The predicted octanol–water partition coefficient (Wildman–Crippen LogP) is 1.17. The third-order valence-electron chi connectivity index (χ3n) is 4.62. The Hall–Kier alpha value is -2.41. The van der Waals surface area contributed by atoms with Gasteiger partial charge in [0.1, 0.15) is 5.69 Å². The van der Waals surface area contributed by atoms with Crippen molar-refractivity contribution < 1.29 is 9.90 Å². The van der Waals surface area contributed by atoms with Crippen LogP contribution in [0.1, 0.15) is 41.9 Å². The SMILES string of the molecule is CC(C)n1cc([C@@H]2CN(c3ccnc(C(N)=O)c3)C[C@H]2CO)cn1. The van der Waals surface area contributed by atoms with Crippen molar-refractivity contribution in [3.63, 3.8) is 0 Å². The van der Waals surface area contributed by atoms with Crippen molar-refractivity contribution in [2.75, 3.05) is 24.6 Å². The largest absolute Gasteiger partial charge is 0.396 e. The van der Waals surface area contributed by atoms with Gasteiger partial charge in [-0.05, 0) is 31.5 Å². The van der Waals surface area contributed by atoms with Gasteiger partial charge in [-0.3, -0.25) is 14.5 Å². The van der Waals surface area contributed by atoms with Crippen LogP contribution in [0.3, 0.4) is 0 Å². The number of carbonyl (C=O) groups excluding carboxylic acids is 1. The Balaban J connectivity index is 1.83. The van der Waals surface area contributed by atoms with Crippen molar-refractivity contribution in [1.29, 1.82) is 0 Å². The average Bonchev–Trinajstić information content (AvgIpc) is 3.21. The molecule has 2 aromatic rings. The average molecular weight is 329 g/mol. The van der Waals surface area contributed by atoms with Gasteiger partial charge >= 0.3 is 0 Å². The van der Waals surface area contributed by atoms with Gasteiger partial charge in [-0.1, -0.05) is 0 Å². The molecule has 1 aliphatic rings. The Labute approximate surface area is 141 Å². The number of aromatic nitrogens is 3. The molecule has 1 amide bonds. The van der Waals surface area contributed by atoms with Crippen LogP contribution in [-0.2, 0) is 0 Å². The Morgan fingerprint density at radius 1 is 1.46 bits per heavy atom. The fourth-order valence-corrected chi connectivity index (χ4v) is 3.22. The number of rotatable bonds is 5. The van der Waals surface area contributed by atoms with E-state index in [1.54, 1.807) is 12.3 Å². The quantitative estimate of drug-likeness (QED) is 0.858. The van der Waals surface area contributed by atoms with E-state index in [1.807, 2.05) is 16.9 Å². The highest BCUT2D eigenvalue weighted by Crippen LogP contribution is 2.35. The number of primary amides is 1. The molecule has 128 valence electrons. The first kappa shape index (κ1) is 16.4. The van der Waals surface area contributed by atoms with Crippen LogP contribution in [0.5, 0.6) is 0 Å². The lowest BCUT2D eigenvalue weighted by Gasteiger charge is -2.18. The topological polar surface area (TPSA) is 97.3 Å². The van der Waals surface area contributed by atoms with Crippen LogP contribution >= 0.6 is 0 Å². The molecule has 0 saturated carbocycles. The fraction of sp³-hybridized carbons (Fsp3) is 0.471. The minimum absolute atomic E-state index is 0.113. The molecule has 0 aromatic carbocycles. The van der Waals surface area contributed by atoms with E-state index < -0.39 is 5.91 Å². The van der Waals surface area contributed by atoms with Crippen LogP contribution in [0, 0.1) is 5.92 Å². The number of carbonyl (C=O) groups is 1. The van der Waals surface area contributed by atoms with Gasteiger partial charge in [-0.15, -0.1) is 0 Å². The summed E-state index contributed by atoms with van der Waals surface area (Å²) in [5.41, 5.74) is 7.60. The maximum absolute atomic E-state index is 11.3. The van der Waals surface area contributed by atoms with Gasteiger partial charge in [0, 0.05) is 55.7 Å². The third kappa shape index (κ3) is 3.12. The monoisotopic (exact) mass is 329 g/mol. The Morgan fingerprint density at radius 3 is 2.88 bits per heavy atom. The molecule has 24 heavy (non-hydrogen) atoms. The molecule has 0 radical (unpaired) electrons. The molecule has 0 unspecified atom stereocenters. The summed E-state index contributed by atoms with van der Waals surface area (Å²) in [5.74, 6) is -0.211. The first-order chi connectivity index (χ1) is 11.5. The Bertz CT molecular complexity index is 727. The molecule has 3 N–H and O–H groups in total. The molecule has 1 aliphatic heterocycles. The highest BCUT2D eigenvalue weighted by molar-refractivity contribution is 5.91. The highest BCUT2D eigenvalue weighted by Gasteiger charge is 2.34. The van der Waals surface area contributed by atoms with E-state index >= 15 is 0 Å². The number of hydrogen-bond acceptors (Lipinski definition) is 5. The maximum Gasteiger partial charge on any atom is 0.267 e. The van der Waals surface area contributed by atoms with E-state index in [0.717, 1.165) is 24.3 Å². The molecule has 7 nitrogen and oxygen atoms in total. The fourth-order valence-electron chi connectivity index (χ4n) is 3.22. The minimum atomic E-state index is -0.537. The smallest absolute Gasteiger partial charge is 0.267 e. The lowest BCUT2D eigenvalue weighted by molar-refractivity contribution is 0.0995. The standard InChI is InChI=1S/C17H23N5O2/c1-11(2)22-8-12(6-20-22)15-9-21(7-13(15)10-23)14-3-4-19-16(5-14)17(18)24/h3-6,8,11,13,15,23H,7,9-10H2,1-2H3,(H2,18,24)/t13-,15-/m0/s1. The number of aliphatic hydroxyl groups excluding tert-OH is 1.